The van der Waals surface area contributed by atoms with E-state index >= 15 is 0 Å². The molecule has 2 N–H and O–H groups in total. The molecule has 0 bridgehead atoms. The van der Waals surface area contributed by atoms with Gasteiger partial charge in [0.05, 0.1) is 5.88 Å². The number of nitrogens with zero attached hydrogens (tertiary/aromatic N) is 1. The molecule has 0 radical (unpaired) electrons. The van der Waals surface area contributed by atoms with E-state index in [1.807, 2.05) is 7.05 Å². The van der Waals surface area contributed by atoms with Crippen LogP contribution in [0.5, 0.6) is 0 Å². The third-order valence-corrected chi connectivity index (χ3v) is 2.11. The van der Waals surface area contributed by atoms with Crippen molar-refractivity contribution in [1.82, 2.24) is 4.90 Å². The fourth-order valence-corrected chi connectivity index (χ4v) is 0.944. The molecule has 0 aromatic rings. The van der Waals surface area contributed by atoms with Gasteiger partial charge in [0.15, 0.2) is 0 Å². The van der Waals surface area contributed by atoms with E-state index in [0.717, 1.165) is 11.8 Å². The summed E-state index contributed by atoms with van der Waals surface area (Å²) in [6, 6.07) is 0.465. The van der Waals surface area contributed by atoms with Crippen LogP contribution in [-0.4, -0.2) is 29.1 Å². The van der Waals surface area contributed by atoms with Crippen LogP contribution in [0.1, 0.15) is 13.8 Å². The third-order valence-electron chi connectivity index (χ3n) is 1.29. The van der Waals surface area contributed by atoms with Crippen molar-refractivity contribution >= 4 is 29.4 Å². The summed E-state index contributed by atoms with van der Waals surface area (Å²) in [5.74, 6) is 0.674. The molecule has 0 saturated carbocycles. The van der Waals surface area contributed by atoms with E-state index in [-0.39, 0.29) is 17.6 Å². The van der Waals surface area contributed by atoms with E-state index in [2.05, 4.69) is 18.7 Å². The molecule has 0 aliphatic heterocycles. The van der Waals surface area contributed by atoms with Crippen LogP contribution in [0.3, 0.4) is 0 Å². The smallest absolute Gasteiger partial charge is 0.277 e. The number of amides is 1. The Morgan fingerprint density at radius 3 is 2.36 bits per heavy atom. The van der Waals surface area contributed by atoms with Crippen molar-refractivity contribution in [3.63, 3.8) is 0 Å². The predicted octanol–water partition coefficient (Wildman–Crippen LogP) is 1.52. The minimum absolute atomic E-state index is 0. The van der Waals surface area contributed by atoms with Gasteiger partial charge in [-0.15, -0.1) is 12.4 Å². The minimum atomic E-state index is -0.312. The first-order chi connectivity index (χ1) is 4.54. The van der Waals surface area contributed by atoms with Crippen molar-refractivity contribution in [3.8, 4) is 0 Å². The summed E-state index contributed by atoms with van der Waals surface area (Å²) >= 11 is 1.13. The van der Waals surface area contributed by atoms with Crippen LogP contribution in [0, 0.1) is 0 Å². The maximum Gasteiger partial charge on any atom is 0.277 e. The molecule has 68 valence electrons. The Labute approximate surface area is 78.1 Å². The fourth-order valence-electron chi connectivity index (χ4n) is 0.315. The molecule has 3 nitrogen and oxygen atoms in total. The van der Waals surface area contributed by atoms with Crippen molar-refractivity contribution in [3.05, 3.63) is 0 Å². The Balaban J connectivity index is 0. The average Bonchev–Trinajstić information content (AvgIpc) is 1.82. The number of nitrogens with two attached hydrogens (primary N) is 1. The normalized spacial score (nSPS) is 9.91. The molecule has 0 aliphatic rings. The van der Waals surface area contributed by atoms with Crippen molar-refractivity contribution in [2.75, 3.05) is 12.9 Å². The third kappa shape index (κ3) is 7.97. The second kappa shape index (κ2) is 6.76. The molecule has 0 spiro atoms. The van der Waals surface area contributed by atoms with E-state index in [0.29, 0.717) is 11.9 Å². The quantitative estimate of drug-likeness (QED) is 0.700. The number of hydrogen-bond donors (Lipinski definition) is 1. The lowest BCUT2D eigenvalue weighted by molar-refractivity contribution is 0.266. The number of halogens is 1. The van der Waals surface area contributed by atoms with Gasteiger partial charge in [0.2, 0.25) is 0 Å². The Hall–Kier alpha value is 0.0700. The summed E-state index contributed by atoms with van der Waals surface area (Å²) in [6.45, 7) is 4.14. The van der Waals surface area contributed by atoms with Gasteiger partial charge in [-0.25, -0.2) is 0 Å². The van der Waals surface area contributed by atoms with Gasteiger partial charge in [-0.3, -0.25) is 9.69 Å². The molecule has 0 unspecified atom stereocenters. The topological polar surface area (TPSA) is 46.3 Å². The van der Waals surface area contributed by atoms with Crippen LogP contribution in [0.25, 0.3) is 0 Å². The van der Waals surface area contributed by atoms with E-state index in [1.54, 1.807) is 0 Å². The highest BCUT2D eigenvalue weighted by molar-refractivity contribution is 8.13. The maximum absolute atomic E-state index is 10.3. The van der Waals surface area contributed by atoms with Crippen molar-refractivity contribution < 1.29 is 4.79 Å². The molecule has 11 heavy (non-hydrogen) atoms. The number of thioether (sulfide) groups is 1. The molecule has 0 aromatic carbocycles. The van der Waals surface area contributed by atoms with Gasteiger partial charge in [-0.1, -0.05) is 0 Å². The second-order valence-electron chi connectivity index (χ2n) is 2.44. The number of hydrogen-bond acceptors (Lipinski definition) is 3. The lowest BCUT2D eigenvalue weighted by Crippen LogP contribution is -2.26. The van der Waals surface area contributed by atoms with Gasteiger partial charge >= 0.3 is 0 Å². The van der Waals surface area contributed by atoms with Crippen LogP contribution < -0.4 is 5.73 Å². The SMILES string of the molecule is CC(C)N(C)CSC(N)=O.Cl. The summed E-state index contributed by atoms with van der Waals surface area (Å²) in [4.78, 5) is 12.3. The first kappa shape index (κ1) is 13.6. The second-order valence-corrected chi connectivity index (χ2v) is 3.39. The van der Waals surface area contributed by atoms with Gasteiger partial charge in [0.1, 0.15) is 0 Å². The van der Waals surface area contributed by atoms with E-state index < -0.39 is 0 Å². The van der Waals surface area contributed by atoms with Crippen LogP contribution in [0.4, 0.5) is 4.79 Å². The molecule has 0 heterocycles. The highest BCUT2D eigenvalue weighted by Crippen LogP contribution is 2.04. The summed E-state index contributed by atoms with van der Waals surface area (Å²) in [6.07, 6.45) is 0. The Kier molecular flexibility index (Phi) is 8.39. The highest BCUT2D eigenvalue weighted by atomic mass is 35.5. The van der Waals surface area contributed by atoms with E-state index in [9.17, 15) is 4.79 Å². The molecular formula is C6H15ClN2OS. The maximum atomic E-state index is 10.3. The van der Waals surface area contributed by atoms with E-state index in [4.69, 9.17) is 5.73 Å². The Morgan fingerprint density at radius 1 is 1.64 bits per heavy atom. The van der Waals surface area contributed by atoms with Crippen molar-refractivity contribution in [2.24, 2.45) is 5.73 Å². The number of carbonyl (C=O) groups is 1. The molecule has 0 atom stereocenters. The number of rotatable bonds is 3. The molecule has 0 saturated heterocycles. The predicted molar refractivity (Wildman–Crippen MR) is 52.2 cm³/mol. The van der Waals surface area contributed by atoms with Crippen molar-refractivity contribution in [1.29, 1.82) is 0 Å². The van der Waals surface area contributed by atoms with E-state index in [1.165, 1.54) is 0 Å². The standard InChI is InChI=1S/C6H14N2OS.ClH/c1-5(2)8(3)4-10-6(7)9;/h5H,4H2,1-3H3,(H2,7,9);1H. The molecule has 5 heteroatoms. The summed E-state index contributed by atoms with van der Waals surface area (Å²) < 4.78 is 0. The first-order valence-electron chi connectivity index (χ1n) is 3.16. The first-order valence-corrected chi connectivity index (χ1v) is 4.15. The van der Waals surface area contributed by atoms with Gasteiger partial charge in [0, 0.05) is 6.04 Å². The number of primary amides is 1. The van der Waals surface area contributed by atoms with Crippen LogP contribution in [-0.2, 0) is 0 Å². The number of carbonyl (C=O) groups excluding carboxylic acids is 1. The largest absolute Gasteiger partial charge is 0.360 e. The minimum Gasteiger partial charge on any atom is -0.360 e. The monoisotopic (exact) mass is 198 g/mol. The summed E-state index contributed by atoms with van der Waals surface area (Å²) in [5, 5.41) is -0.312. The Bertz CT molecular complexity index is 121. The molecular weight excluding hydrogens is 184 g/mol. The summed E-state index contributed by atoms with van der Waals surface area (Å²) in [5.41, 5.74) is 4.94. The van der Waals surface area contributed by atoms with Crippen LogP contribution >= 0.6 is 24.2 Å². The summed E-state index contributed by atoms with van der Waals surface area (Å²) in [7, 11) is 1.96. The zero-order chi connectivity index (χ0) is 8.15. The molecule has 1 amide bonds. The van der Waals surface area contributed by atoms with Crippen LogP contribution in [0.15, 0.2) is 0 Å². The lowest BCUT2D eigenvalue weighted by Gasteiger charge is -2.18. The average molecular weight is 199 g/mol. The fraction of sp³-hybridized carbons (Fsp3) is 0.833. The van der Waals surface area contributed by atoms with Gasteiger partial charge < -0.3 is 5.73 Å². The van der Waals surface area contributed by atoms with Gasteiger partial charge in [-0.2, -0.15) is 0 Å². The molecule has 0 rings (SSSR count). The molecule has 0 aromatic heterocycles. The molecule has 0 aliphatic carbocycles. The zero-order valence-electron chi connectivity index (χ0n) is 7.03. The molecule has 0 fully saturated rings. The zero-order valence-corrected chi connectivity index (χ0v) is 8.67. The van der Waals surface area contributed by atoms with Crippen LogP contribution in [0.2, 0.25) is 0 Å². The highest BCUT2D eigenvalue weighted by Gasteiger charge is 2.03. The Morgan fingerprint density at radius 2 is 2.09 bits per heavy atom. The van der Waals surface area contributed by atoms with Gasteiger partial charge in [-0.05, 0) is 32.7 Å². The van der Waals surface area contributed by atoms with Crippen molar-refractivity contribution in [2.45, 2.75) is 19.9 Å². The lowest BCUT2D eigenvalue weighted by atomic mass is 10.4. The van der Waals surface area contributed by atoms with Gasteiger partial charge in [0.25, 0.3) is 5.24 Å².